The Balaban J connectivity index is 2.15. The van der Waals surface area contributed by atoms with Crippen molar-refractivity contribution in [3.05, 3.63) is 16.4 Å². The van der Waals surface area contributed by atoms with Crippen molar-refractivity contribution in [3.8, 4) is 0 Å². The van der Waals surface area contributed by atoms with Crippen molar-refractivity contribution in [2.24, 2.45) is 0 Å². The molecular formula is C9H12Cl2N4. The van der Waals surface area contributed by atoms with Gasteiger partial charge in [0, 0.05) is 32.2 Å². The Kier molecular flexibility index (Phi) is 3.29. The molecule has 1 saturated heterocycles. The van der Waals surface area contributed by atoms with Gasteiger partial charge in [-0.1, -0.05) is 23.2 Å². The normalized spacial score (nSPS) is 18.2. The number of anilines is 1. The van der Waals surface area contributed by atoms with E-state index in [2.05, 4.69) is 26.8 Å². The van der Waals surface area contributed by atoms with E-state index in [1.165, 1.54) is 0 Å². The molecule has 2 heterocycles. The summed E-state index contributed by atoms with van der Waals surface area (Å²) in [7, 11) is 2.10. The van der Waals surface area contributed by atoms with Crippen LogP contribution in [0.3, 0.4) is 0 Å². The zero-order valence-electron chi connectivity index (χ0n) is 8.45. The van der Waals surface area contributed by atoms with Crippen molar-refractivity contribution in [2.75, 3.05) is 38.1 Å². The summed E-state index contributed by atoms with van der Waals surface area (Å²) in [5, 5.41) is 0.785. The first kappa shape index (κ1) is 10.9. The zero-order chi connectivity index (χ0) is 10.8. The summed E-state index contributed by atoms with van der Waals surface area (Å²) in [6.07, 6.45) is 0. The second-order valence-electron chi connectivity index (χ2n) is 3.60. The molecule has 0 bridgehead atoms. The third-order valence-electron chi connectivity index (χ3n) is 2.44. The largest absolute Gasteiger partial charge is 0.338 e. The summed E-state index contributed by atoms with van der Waals surface area (Å²) in [5.74, 6) is 0.626. The molecule has 1 fully saturated rings. The minimum atomic E-state index is 0.393. The second-order valence-corrected chi connectivity index (χ2v) is 4.38. The Morgan fingerprint density at radius 1 is 1.07 bits per heavy atom. The van der Waals surface area contributed by atoms with Crippen LogP contribution in [-0.4, -0.2) is 48.1 Å². The number of rotatable bonds is 1. The van der Waals surface area contributed by atoms with E-state index in [1.54, 1.807) is 6.07 Å². The van der Waals surface area contributed by atoms with E-state index in [1.807, 2.05) is 0 Å². The number of halogens is 2. The molecule has 2 rings (SSSR count). The molecule has 0 radical (unpaired) electrons. The summed E-state index contributed by atoms with van der Waals surface area (Å²) in [6.45, 7) is 3.83. The lowest BCUT2D eigenvalue weighted by Gasteiger charge is -2.32. The van der Waals surface area contributed by atoms with Gasteiger partial charge in [-0.3, -0.25) is 0 Å². The molecule has 1 aliphatic heterocycles. The van der Waals surface area contributed by atoms with Gasteiger partial charge < -0.3 is 9.80 Å². The van der Waals surface area contributed by atoms with Crippen LogP contribution < -0.4 is 4.90 Å². The van der Waals surface area contributed by atoms with Crippen molar-refractivity contribution in [1.82, 2.24) is 14.9 Å². The number of likely N-dealkylation sites (N-methyl/N-ethyl adjacent to an activating group) is 1. The second kappa shape index (κ2) is 4.51. The Morgan fingerprint density at radius 2 is 1.60 bits per heavy atom. The summed E-state index contributed by atoms with van der Waals surface area (Å²) < 4.78 is 0. The highest BCUT2D eigenvalue weighted by Gasteiger charge is 2.17. The van der Waals surface area contributed by atoms with Crippen LogP contribution in [0.4, 0.5) is 5.95 Å². The minimum Gasteiger partial charge on any atom is -0.338 e. The lowest BCUT2D eigenvalue weighted by Crippen LogP contribution is -2.45. The summed E-state index contributed by atoms with van der Waals surface area (Å²) in [6, 6.07) is 1.54. The van der Waals surface area contributed by atoms with Crippen LogP contribution in [0.5, 0.6) is 0 Å². The Hall–Kier alpha value is -0.580. The van der Waals surface area contributed by atoms with Crippen molar-refractivity contribution >= 4 is 29.2 Å². The predicted molar refractivity (Wildman–Crippen MR) is 61.8 cm³/mol. The van der Waals surface area contributed by atoms with Crippen LogP contribution in [-0.2, 0) is 0 Å². The first-order chi connectivity index (χ1) is 7.15. The van der Waals surface area contributed by atoms with Gasteiger partial charge in [0.05, 0.1) is 0 Å². The number of piperazine rings is 1. The van der Waals surface area contributed by atoms with E-state index in [4.69, 9.17) is 23.2 Å². The lowest BCUT2D eigenvalue weighted by atomic mass is 10.3. The van der Waals surface area contributed by atoms with Crippen molar-refractivity contribution in [1.29, 1.82) is 0 Å². The van der Waals surface area contributed by atoms with Crippen molar-refractivity contribution < 1.29 is 0 Å². The smallest absolute Gasteiger partial charge is 0.228 e. The molecule has 1 aromatic heterocycles. The summed E-state index contributed by atoms with van der Waals surface area (Å²) in [4.78, 5) is 12.7. The highest BCUT2D eigenvalue weighted by Crippen LogP contribution is 2.18. The molecule has 0 saturated carbocycles. The minimum absolute atomic E-state index is 0.393. The van der Waals surface area contributed by atoms with Crippen molar-refractivity contribution in [3.63, 3.8) is 0 Å². The number of hydrogen-bond acceptors (Lipinski definition) is 4. The molecule has 15 heavy (non-hydrogen) atoms. The van der Waals surface area contributed by atoms with Crippen LogP contribution in [0.1, 0.15) is 0 Å². The van der Waals surface area contributed by atoms with Crippen LogP contribution in [0, 0.1) is 0 Å². The maximum atomic E-state index is 5.83. The summed E-state index contributed by atoms with van der Waals surface area (Å²) >= 11 is 11.7. The standard InChI is InChI=1S/C9H12Cl2N4/c1-14-2-4-15(5-3-14)9-12-7(10)6-8(11)13-9/h6H,2-5H2,1H3. The van der Waals surface area contributed by atoms with Gasteiger partial charge in [-0.25, -0.2) is 9.97 Å². The van der Waals surface area contributed by atoms with Gasteiger partial charge in [-0.05, 0) is 7.05 Å². The zero-order valence-corrected chi connectivity index (χ0v) is 9.96. The van der Waals surface area contributed by atoms with Gasteiger partial charge in [-0.2, -0.15) is 0 Å². The van der Waals surface area contributed by atoms with Gasteiger partial charge in [-0.15, -0.1) is 0 Å². The Morgan fingerprint density at radius 3 is 2.13 bits per heavy atom. The molecule has 1 aliphatic rings. The van der Waals surface area contributed by atoms with Crippen LogP contribution in [0.25, 0.3) is 0 Å². The topological polar surface area (TPSA) is 32.3 Å². The SMILES string of the molecule is CN1CCN(c2nc(Cl)cc(Cl)n2)CC1. The molecule has 6 heteroatoms. The fourth-order valence-electron chi connectivity index (χ4n) is 1.53. The predicted octanol–water partition coefficient (Wildman–Crippen LogP) is 1.54. The van der Waals surface area contributed by atoms with E-state index in [0.29, 0.717) is 16.3 Å². The third-order valence-corrected chi connectivity index (χ3v) is 2.83. The monoisotopic (exact) mass is 246 g/mol. The Labute approximate surface area is 98.8 Å². The fraction of sp³-hybridized carbons (Fsp3) is 0.556. The van der Waals surface area contributed by atoms with Crippen LogP contribution in [0.15, 0.2) is 6.07 Å². The molecule has 4 nitrogen and oxygen atoms in total. The van der Waals surface area contributed by atoms with Gasteiger partial charge in [0.15, 0.2) is 0 Å². The van der Waals surface area contributed by atoms with Gasteiger partial charge in [0.1, 0.15) is 10.3 Å². The van der Waals surface area contributed by atoms with E-state index in [-0.39, 0.29) is 0 Å². The first-order valence-electron chi connectivity index (χ1n) is 4.79. The maximum absolute atomic E-state index is 5.83. The molecule has 0 aromatic carbocycles. The molecule has 0 aliphatic carbocycles. The molecule has 0 amide bonds. The highest BCUT2D eigenvalue weighted by molar-refractivity contribution is 6.33. The first-order valence-corrected chi connectivity index (χ1v) is 5.54. The van der Waals surface area contributed by atoms with E-state index < -0.39 is 0 Å². The quantitative estimate of drug-likeness (QED) is 0.704. The maximum Gasteiger partial charge on any atom is 0.228 e. The molecule has 0 N–H and O–H groups in total. The average molecular weight is 247 g/mol. The third kappa shape index (κ3) is 2.71. The summed E-state index contributed by atoms with van der Waals surface area (Å²) in [5.41, 5.74) is 0. The molecule has 1 aromatic rings. The van der Waals surface area contributed by atoms with Crippen molar-refractivity contribution in [2.45, 2.75) is 0 Å². The Bertz CT molecular complexity index is 330. The van der Waals surface area contributed by atoms with E-state index >= 15 is 0 Å². The average Bonchev–Trinajstić information content (AvgIpc) is 2.17. The van der Waals surface area contributed by atoms with Crippen LogP contribution >= 0.6 is 23.2 Å². The molecule has 0 atom stereocenters. The highest BCUT2D eigenvalue weighted by atomic mass is 35.5. The molecule has 0 unspecified atom stereocenters. The van der Waals surface area contributed by atoms with E-state index in [0.717, 1.165) is 26.2 Å². The molecule has 0 spiro atoms. The fourth-order valence-corrected chi connectivity index (χ4v) is 1.94. The van der Waals surface area contributed by atoms with Crippen LogP contribution in [0.2, 0.25) is 10.3 Å². The van der Waals surface area contributed by atoms with E-state index in [9.17, 15) is 0 Å². The number of nitrogens with zero attached hydrogens (tertiary/aromatic N) is 4. The van der Waals surface area contributed by atoms with Gasteiger partial charge in [0.25, 0.3) is 0 Å². The lowest BCUT2D eigenvalue weighted by molar-refractivity contribution is 0.311. The number of hydrogen-bond donors (Lipinski definition) is 0. The molecule has 82 valence electrons. The number of aromatic nitrogens is 2. The van der Waals surface area contributed by atoms with Gasteiger partial charge in [0.2, 0.25) is 5.95 Å². The molecular weight excluding hydrogens is 235 g/mol. The van der Waals surface area contributed by atoms with Gasteiger partial charge >= 0.3 is 0 Å².